The highest BCUT2D eigenvalue weighted by Gasteiger charge is 2.26. The van der Waals surface area contributed by atoms with Crippen molar-refractivity contribution in [2.45, 2.75) is 45.1 Å². The van der Waals surface area contributed by atoms with Crippen LogP contribution in [0.2, 0.25) is 0 Å². The maximum atomic E-state index is 13.2. The van der Waals surface area contributed by atoms with Crippen LogP contribution in [0.15, 0.2) is 35.1 Å². The van der Waals surface area contributed by atoms with Crippen molar-refractivity contribution in [2.24, 2.45) is 0 Å². The van der Waals surface area contributed by atoms with Crippen molar-refractivity contribution in [3.8, 4) is 5.69 Å². The van der Waals surface area contributed by atoms with Crippen molar-refractivity contribution >= 4 is 11.7 Å². The minimum atomic E-state index is -0.456. The molecule has 146 valence electrons. The largest absolute Gasteiger partial charge is 0.376 e. The molecule has 2 aliphatic rings. The van der Waals surface area contributed by atoms with E-state index in [1.807, 2.05) is 31.2 Å². The molecule has 4 rings (SSSR count). The molecule has 0 radical (unpaired) electrons. The van der Waals surface area contributed by atoms with Gasteiger partial charge in [-0.05, 0) is 50.8 Å². The zero-order valence-electron chi connectivity index (χ0n) is 16.0. The van der Waals surface area contributed by atoms with E-state index in [1.54, 1.807) is 0 Å². The van der Waals surface area contributed by atoms with Gasteiger partial charge >= 0.3 is 0 Å². The summed E-state index contributed by atoms with van der Waals surface area (Å²) in [7, 11) is 0. The number of amides is 1. The molecule has 0 spiro atoms. The molecule has 1 aliphatic carbocycles. The predicted octanol–water partition coefficient (Wildman–Crippen LogP) is 2.57. The summed E-state index contributed by atoms with van der Waals surface area (Å²) < 4.78 is 7.06. The highest BCUT2D eigenvalue weighted by Crippen LogP contribution is 2.24. The molecule has 2 aromatic rings. The predicted molar refractivity (Wildman–Crippen MR) is 105 cm³/mol. The summed E-state index contributed by atoms with van der Waals surface area (Å²) in [4.78, 5) is 38.5. The van der Waals surface area contributed by atoms with E-state index in [4.69, 9.17) is 4.74 Å². The first-order valence-corrected chi connectivity index (χ1v) is 9.83. The molecule has 1 aromatic carbocycles. The lowest BCUT2D eigenvalue weighted by Gasteiger charge is -2.22. The Morgan fingerprint density at radius 1 is 1.18 bits per heavy atom. The number of nitrogens with zero attached hydrogens (tertiary/aromatic N) is 1. The minimum absolute atomic E-state index is 0.00701. The molecule has 1 atom stereocenters. The first-order valence-electron chi connectivity index (χ1n) is 9.83. The Kier molecular flexibility index (Phi) is 5.13. The summed E-state index contributed by atoms with van der Waals surface area (Å²) in [5.74, 6) is -0.474. The summed E-state index contributed by atoms with van der Waals surface area (Å²) in [5.41, 5.74) is 2.55. The maximum Gasteiger partial charge on any atom is 0.268 e. The molecule has 1 saturated heterocycles. The van der Waals surface area contributed by atoms with Gasteiger partial charge in [-0.1, -0.05) is 17.7 Å². The van der Waals surface area contributed by atoms with Gasteiger partial charge in [0, 0.05) is 36.5 Å². The second-order valence-electron chi connectivity index (χ2n) is 7.52. The molecule has 0 unspecified atom stereocenters. The second-order valence-corrected chi connectivity index (χ2v) is 7.52. The van der Waals surface area contributed by atoms with Gasteiger partial charge in [-0.2, -0.15) is 0 Å². The number of benzene rings is 1. The van der Waals surface area contributed by atoms with Crippen LogP contribution >= 0.6 is 0 Å². The molecule has 6 heteroatoms. The quantitative estimate of drug-likeness (QED) is 0.884. The number of carbonyl (C=O) groups excluding carboxylic acids is 2. The van der Waals surface area contributed by atoms with Gasteiger partial charge in [-0.15, -0.1) is 0 Å². The number of nitrogens with one attached hydrogen (secondary N) is 1. The molecule has 0 bridgehead atoms. The van der Waals surface area contributed by atoms with E-state index in [2.05, 4.69) is 5.32 Å². The average molecular weight is 380 g/mol. The number of hydrogen-bond donors (Lipinski definition) is 1. The maximum absolute atomic E-state index is 13.2. The Labute approximate surface area is 163 Å². The fourth-order valence-corrected chi connectivity index (χ4v) is 3.93. The van der Waals surface area contributed by atoms with Crippen LogP contribution < -0.4 is 10.9 Å². The fourth-order valence-electron chi connectivity index (χ4n) is 3.93. The van der Waals surface area contributed by atoms with Crippen LogP contribution in [0.25, 0.3) is 5.69 Å². The van der Waals surface area contributed by atoms with E-state index in [0.29, 0.717) is 49.4 Å². The molecule has 6 nitrogen and oxygen atoms in total. The molecular formula is C22H24N2O4. The number of Topliss-reactive ketones (excluding diaryl/α,β-unsaturated/α-hetero) is 1. The molecule has 1 amide bonds. The molecule has 1 aliphatic heterocycles. The summed E-state index contributed by atoms with van der Waals surface area (Å²) in [6.45, 7) is 3.04. The first kappa shape index (κ1) is 18.6. The van der Waals surface area contributed by atoms with E-state index >= 15 is 0 Å². The van der Waals surface area contributed by atoms with Crippen molar-refractivity contribution in [2.75, 3.05) is 13.2 Å². The van der Waals surface area contributed by atoms with Gasteiger partial charge < -0.3 is 10.1 Å². The van der Waals surface area contributed by atoms with Crippen LogP contribution in [0.4, 0.5) is 0 Å². The van der Waals surface area contributed by atoms with Gasteiger partial charge in [0.2, 0.25) is 0 Å². The molecular weight excluding hydrogens is 356 g/mol. The highest BCUT2D eigenvalue weighted by atomic mass is 16.5. The number of carbonyl (C=O) groups is 2. The number of hydrogen-bond acceptors (Lipinski definition) is 4. The van der Waals surface area contributed by atoms with E-state index < -0.39 is 5.91 Å². The average Bonchev–Trinajstić information content (AvgIpc) is 3.21. The van der Waals surface area contributed by atoms with E-state index in [1.165, 1.54) is 10.6 Å². The SMILES string of the molecule is Cc1ccc(-n2c3c(cc(C(=O)NC[C@H]4CCCO4)c2=O)C(=O)CCC3)cc1. The van der Waals surface area contributed by atoms with Crippen molar-refractivity contribution in [1.29, 1.82) is 0 Å². The lowest BCUT2D eigenvalue weighted by atomic mass is 9.92. The smallest absolute Gasteiger partial charge is 0.268 e. The Morgan fingerprint density at radius 3 is 2.68 bits per heavy atom. The van der Waals surface area contributed by atoms with Gasteiger partial charge in [0.15, 0.2) is 5.78 Å². The molecule has 28 heavy (non-hydrogen) atoms. The molecule has 1 fully saturated rings. The molecule has 1 aromatic heterocycles. The van der Waals surface area contributed by atoms with Crippen molar-refractivity contribution in [1.82, 2.24) is 9.88 Å². The van der Waals surface area contributed by atoms with Crippen LogP contribution in [0, 0.1) is 6.92 Å². The van der Waals surface area contributed by atoms with Crippen LogP contribution in [0.3, 0.4) is 0 Å². The summed E-state index contributed by atoms with van der Waals surface area (Å²) >= 11 is 0. The first-order chi connectivity index (χ1) is 13.5. The Balaban J connectivity index is 1.76. The second kappa shape index (κ2) is 7.72. The van der Waals surface area contributed by atoms with E-state index in [0.717, 1.165) is 18.4 Å². The van der Waals surface area contributed by atoms with Gasteiger partial charge in [0.05, 0.1) is 6.10 Å². The van der Waals surface area contributed by atoms with Crippen molar-refractivity contribution in [3.05, 3.63) is 63.1 Å². The zero-order chi connectivity index (χ0) is 19.7. The Bertz CT molecular complexity index is 969. The lowest BCUT2D eigenvalue weighted by Crippen LogP contribution is -2.38. The number of fused-ring (bicyclic) bond motifs is 1. The highest BCUT2D eigenvalue weighted by molar-refractivity contribution is 6.01. The van der Waals surface area contributed by atoms with Crippen LogP contribution in [-0.4, -0.2) is 35.5 Å². The van der Waals surface area contributed by atoms with E-state index in [9.17, 15) is 14.4 Å². The molecule has 2 heterocycles. The summed E-state index contributed by atoms with van der Waals surface area (Å²) in [6, 6.07) is 9.02. The monoisotopic (exact) mass is 380 g/mol. The van der Waals surface area contributed by atoms with Gasteiger partial charge in [0.25, 0.3) is 11.5 Å². The van der Waals surface area contributed by atoms with Crippen LogP contribution in [-0.2, 0) is 11.2 Å². The minimum Gasteiger partial charge on any atom is -0.376 e. The number of rotatable bonds is 4. The van der Waals surface area contributed by atoms with Crippen molar-refractivity contribution in [3.63, 3.8) is 0 Å². The number of pyridine rings is 1. The van der Waals surface area contributed by atoms with Crippen LogP contribution in [0.5, 0.6) is 0 Å². The standard InChI is InChI=1S/C22H24N2O4/c1-14-7-9-15(10-8-14)24-19-5-2-6-20(25)17(19)12-18(22(24)27)21(26)23-13-16-4-3-11-28-16/h7-10,12,16H,2-6,11,13H2,1H3,(H,23,26)/t16-/m1/s1. The Hall–Kier alpha value is -2.73. The van der Waals surface area contributed by atoms with E-state index in [-0.39, 0.29) is 23.0 Å². The summed E-state index contributed by atoms with van der Waals surface area (Å²) in [5, 5.41) is 2.80. The number of ether oxygens (including phenoxy) is 1. The third-order valence-electron chi connectivity index (χ3n) is 5.47. The zero-order valence-corrected chi connectivity index (χ0v) is 16.0. The number of ketones is 1. The number of aryl methyl sites for hydroxylation is 1. The molecule has 0 saturated carbocycles. The van der Waals surface area contributed by atoms with Crippen LogP contribution in [0.1, 0.15) is 57.7 Å². The fraction of sp³-hybridized carbons (Fsp3) is 0.409. The topological polar surface area (TPSA) is 77.4 Å². The summed E-state index contributed by atoms with van der Waals surface area (Å²) in [6.07, 6.45) is 3.66. The van der Waals surface area contributed by atoms with Crippen molar-refractivity contribution < 1.29 is 14.3 Å². The van der Waals surface area contributed by atoms with Gasteiger partial charge in [0.1, 0.15) is 5.56 Å². The third-order valence-corrected chi connectivity index (χ3v) is 5.47. The van der Waals surface area contributed by atoms with Gasteiger partial charge in [-0.25, -0.2) is 0 Å². The third kappa shape index (κ3) is 3.52. The normalized spacial score (nSPS) is 18.8. The lowest BCUT2D eigenvalue weighted by molar-refractivity contribution is 0.0856. The molecule has 1 N–H and O–H groups in total. The number of aromatic nitrogens is 1. The van der Waals surface area contributed by atoms with Gasteiger partial charge in [-0.3, -0.25) is 19.0 Å². The Morgan fingerprint density at radius 2 is 1.96 bits per heavy atom.